The average Bonchev–Trinajstić information content (AvgIpc) is 2.87. The first-order valence-electron chi connectivity index (χ1n) is 7.87. The van der Waals surface area contributed by atoms with E-state index in [1.54, 1.807) is 6.20 Å². The summed E-state index contributed by atoms with van der Waals surface area (Å²) in [6, 6.07) is 0.361. The largest absolute Gasteiger partial charge is 0.388 e. The van der Waals surface area contributed by atoms with Gasteiger partial charge in [-0.15, -0.1) is 0 Å². The highest BCUT2D eigenvalue weighted by atomic mass is 16.3. The van der Waals surface area contributed by atoms with E-state index in [-0.39, 0.29) is 6.10 Å². The molecule has 0 radical (unpaired) electrons. The van der Waals surface area contributed by atoms with E-state index in [1.165, 1.54) is 38.5 Å². The lowest BCUT2D eigenvalue weighted by molar-refractivity contribution is 0.163. The third kappa shape index (κ3) is 6.24. The first-order valence-corrected chi connectivity index (χ1v) is 7.87. The first-order chi connectivity index (χ1) is 9.15. The molecule has 1 atom stereocenters. The third-order valence-electron chi connectivity index (χ3n) is 3.62. The number of rotatable bonds is 10. The van der Waals surface area contributed by atoms with E-state index in [0.29, 0.717) is 6.04 Å². The summed E-state index contributed by atoms with van der Waals surface area (Å²) in [5, 5.41) is 14.4. The minimum absolute atomic E-state index is 0.344. The van der Waals surface area contributed by atoms with Crippen LogP contribution in [0.3, 0.4) is 0 Å². The van der Waals surface area contributed by atoms with Gasteiger partial charge in [-0.05, 0) is 20.3 Å². The molecule has 0 saturated carbocycles. The Balaban J connectivity index is 2.14. The molecule has 0 spiro atoms. The average molecular weight is 266 g/mol. The van der Waals surface area contributed by atoms with E-state index >= 15 is 0 Å². The van der Waals surface area contributed by atoms with Gasteiger partial charge in [0.15, 0.2) is 0 Å². The van der Waals surface area contributed by atoms with Gasteiger partial charge in [-0.2, -0.15) is 5.10 Å². The number of hydrogen-bond acceptors (Lipinski definition) is 2. The van der Waals surface area contributed by atoms with Gasteiger partial charge in [0.1, 0.15) is 0 Å². The maximum Gasteiger partial charge on any atom is 0.0820 e. The van der Waals surface area contributed by atoms with Crippen LogP contribution in [0.15, 0.2) is 12.4 Å². The maximum absolute atomic E-state index is 10.1. The topological polar surface area (TPSA) is 38.1 Å². The molecule has 0 fully saturated rings. The van der Waals surface area contributed by atoms with Crippen LogP contribution in [0.25, 0.3) is 0 Å². The molecule has 110 valence electrons. The molecule has 0 amide bonds. The molecule has 0 bridgehead atoms. The monoisotopic (exact) mass is 266 g/mol. The van der Waals surface area contributed by atoms with Gasteiger partial charge >= 0.3 is 0 Å². The van der Waals surface area contributed by atoms with Crippen LogP contribution in [0, 0.1) is 0 Å². The van der Waals surface area contributed by atoms with Crippen molar-refractivity contribution in [2.24, 2.45) is 0 Å². The normalized spacial score (nSPS) is 13.1. The molecular weight excluding hydrogens is 236 g/mol. The Morgan fingerprint density at radius 3 is 2.32 bits per heavy atom. The summed E-state index contributed by atoms with van der Waals surface area (Å²) in [5.74, 6) is 0. The Kier molecular flexibility index (Phi) is 7.80. The highest BCUT2D eigenvalue weighted by molar-refractivity contribution is 5.08. The van der Waals surface area contributed by atoms with Crippen molar-refractivity contribution < 1.29 is 5.11 Å². The van der Waals surface area contributed by atoms with E-state index in [9.17, 15) is 5.11 Å². The Morgan fingerprint density at radius 2 is 1.74 bits per heavy atom. The Hall–Kier alpha value is -0.830. The second-order valence-electron chi connectivity index (χ2n) is 5.77. The molecule has 0 aromatic carbocycles. The summed E-state index contributed by atoms with van der Waals surface area (Å²) in [6.07, 6.45) is 13.3. The van der Waals surface area contributed by atoms with Crippen molar-refractivity contribution >= 4 is 0 Å². The van der Waals surface area contributed by atoms with Gasteiger partial charge in [0.25, 0.3) is 0 Å². The SMILES string of the molecule is CCCCCCCCCC(O)c1cnn(C(C)C)c1. The second kappa shape index (κ2) is 9.13. The standard InChI is InChI=1S/C16H30N2O/c1-4-5-6-7-8-9-10-11-16(19)15-12-17-18(13-15)14(2)3/h12-14,16,19H,4-11H2,1-3H3. The smallest absolute Gasteiger partial charge is 0.0820 e. The number of aliphatic hydroxyl groups excluding tert-OH is 1. The van der Waals surface area contributed by atoms with Crippen molar-refractivity contribution in [1.82, 2.24) is 9.78 Å². The maximum atomic E-state index is 10.1. The van der Waals surface area contributed by atoms with Crippen molar-refractivity contribution in [2.45, 2.75) is 84.3 Å². The van der Waals surface area contributed by atoms with Gasteiger partial charge < -0.3 is 5.11 Å². The van der Waals surface area contributed by atoms with E-state index in [4.69, 9.17) is 0 Å². The predicted octanol–water partition coefficient (Wildman–Crippen LogP) is 4.64. The highest BCUT2D eigenvalue weighted by Crippen LogP contribution is 2.20. The van der Waals surface area contributed by atoms with Gasteiger partial charge in [0, 0.05) is 17.8 Å². The van der Waals surface area contributed by atoms with Gasteiger partial charge in [-0.25, -0.2) is 0 Å². The first kappa shape index (κ1) is 16.2. The zero-order valence-corrected chi connectivity index (χ0v) is 12.8. The van der Waals surface area contributed by atoms with Gasteiger partial charge in [0.2, 0.25) is 0 Å². The van der Waals surface area contributed by atoms with Crippen molar-refractivity contribution in [3.05, 3.63) is 18.0 Å². The van der Waals surface area contributed by atoms with Crippen LogP contribution in [0.1, 0.15) is 89.8 Å². The minimum atomic E-state index is -0.344. The zero-order chi connectivity index (χ0) is 14.1. The molecule has 1 N–H and O–H groups in total. The molecule has 1 aromatic rings. The van der Waals surface area contributed by atoms with Gasteiger partial charge in [0.05, 0.1) is 12.3 Å². The van der Waals surface area contributed by atoms with E-state index in [1.807, 2.05) is 10.9 Å². The lowest BCUT2D eigenvalue weighted by atomic mass is 10.0. The van der Waals surface area contributed by atoms with Crippen molar-refractivity contribution in [1.29, 1.82) is 0 Å². The Labute approximate surface area is 118 Å². The number of unbranched alkanes of at least 4 members (excludes halogenated alkanes) is 6. The highest BCUT2D eigenvalue weighted by Gasteiger charge is 2.10. The van der Waals surface area contributed by atoms with Crippen molar-refractivity contribution in [3.8, 4) is 0 Å². The van der Waals surface area contributed by atoms with Crippen LogP contribution in [0.4, 0.5) is 0 Å². The van der Waals surface area contributed by atoms with Gasteiger partial charge in [-0.1, -0.05) is 51.9 Å². The Bertz CT molecular complexity index is 333. The molecule has 3 nitrogen and oxygen atoms in total. The number of hydrogen-bond donors (Lipinski definition) is 1. The third-order valence-corrected chi connectivity index (χ3v) is 3.62. The molecule has 1 heterocycles. The molecule has 3 heteroatoms. The molecule has 1 aromatic heterocycles. The fourth-order valence-electron chi connectivity index (χ4n) is 2.27. The predicted molar refractivity (Wildman–Crippen MR) is 80.2 cm³/mol. The van der Waals surface area contributed by atoms with Crippen LogP contribution in [-0.2, 0) is 0 Å². The van der Waals surface area contributed by atoms with Crippen LogP contribution >= 0.6 is 0 Å². The Morgan fingerprint density at radius 1 is 1.11 bits per heavy atom. The van der Waals surface area contributed by atoms with Crippen molar-refractivity contribution in [2.75, 3.05) is 0 Å². The lowest BCUT2D eigenvalue weighted by Crippen LogP contribution is -2.00. The number of aliphatic hydroxyl groups is 1. The molecule has 0 aliphatic carbocycles. The van der Waals surface area contributed by atoms with Crippen LogP contribution < -0.4 is 0 Å². The lowest BCUT2D eigenvalue weighted by Gasteiger charge is -2.08. The summed E-state index contributed by atoms with van der Waals surface area (Å²) in [4.78, 5) is 0. The molecule has 0 saturated heterocycles. The molecule has 1 unspecified atom stereocenters. The van der Waals surface area contributed by atoms with E-state index in [2.05, 4.69) is 25.9 Å². The quantitative estimate of drug-likeness (QED) is 0.627. The van der Waals surface area contributed by atoms with E-state index in [0.717, 1.165) is 18.4 Å². The van der Waals surface area contributed by atoms with Crippen LogP contribution in [0.5, 0.6) is 0 Å². The molecule has 0 aliphatic rings. The minimum Gasteiger partial charge on any atom is -0.388 e. The summed E-state index contributed by atoms with van der Waals surface area (Å²) in [7, 11) is 0. The molecular formula is C16H30N2O. The number of aromatic nitrogens is 2. The number of nitrogens with zero attached hydrogens (tertiary/aromatic N) is 2. The second-order valence-corrected chi connectivity index (χ2v) is 5.77. The summed E-state index contributed by atoms with van der Waals surface area (Å²) in [5.41, 5.74) is 0.958. The zero-order valence-electron chi connectivity index (χ0n) is 12.8. The fraction of sp³-hybridized carbons (Fsp3) is 0.812. The van der Waals surface area contributed by atoms with E-state index < -0.39 is 0 Å². The molecule has 1 rings (SSSR count). The summed E-state index contributed by atoms with van der Waals surface area (Å²) < 4.78 is 1.91. The molecule has 0 aliphatic heterocycles. The fourth-order valence-corrected chi connectivity index (χ4v) is 2.27. The molecule has 19 heavy (non-hydrogen) atoms. The summed E-state index contributed by atoms with van der Waals surface area (Å²) >= 11 is 0. The van der Waals surface area contributed by atoms with Crippen LogP contribution in [0.2, 0.25) is 0 Å². The summed E-state index contributed by atoms with van der Waals surface area (Å²) in [6.45, 7) is 6.44. The van der Waals surface area contributed by atoms with Crippen molar-refractivity contribution in [3.63, 3.8) is 0 Å². The van der Waals surface area contributed by atoms with Gasteiger partial charge in [-0.3, -0.25) is 4.68 Å². The van der Waals surface area contributed by atoms with Crippen LogP contribution in [-0.4, -0.2) is 14.9 Å².